The van der Waals surface area contributed by atoms with Gasteiger partial charge in [0.1, 0.15) is 36.5 Å². The van der Waals surface area contributed by atoms with Gasteiger partial charge in [-0.1, -0.05) is 12.1 Å². The Balaban J connectivity index is 1.35. The molecule has 0 amide bonds. The van der Waals surface area contributed by atoms with Gasteiger partial charge >= 0.3 is 0 Å². The van der Waals surface area contributed by atoms with E-state index in [4.69, 9.17) is 26.8 Å². The van der Waals surface area contributed by atoms with Gasteiger partial charge in [0.15, 0.2) is 17.7 Å². The molecule has 162 valence electrons. The molecule has 0 radical (unpaired) electrons. The van der Waals surface area contributed by atoms with Crippen LogP contribution < -0.4 is 5.73 Å². The third kappa shape index (κ3) is 3.40. The molecular weight excluding hydrogens is 445 g/mol. The van der Waals surface area contributed by atoms with E-state index in [0.29, 0.717) is 22.2 Å². The average Bonchev–Trinajstić information content (AvgIpc) is 3.44. The van der Waals surface area contributed by atoms with E-state index in [1.54, 1.807) is 18.2 Å². The Morgan fingerprint density at radius 3 is 2.77 bits per heavy atom. The second-order valence-electron chi connectivity index (χ2n) is 6.99. The summed E-state index contributed by atoms with van der Waals surface area (Å²) < 4.78 is 14.3. The molecular formula is C17H18N7O5PS. The molecule has 1 aromatic carbocycles. The zero-order valence-corrected chi connectivity index (χ0v) is 17.5. The SMILES string of the molecule is Nc1ncnc2c1ncn2[C@@H]1O[C@H](COP(O)(=S)n2cnc3ccccc32)[C@@H](O)[C@H]1O. The molecule has 1 fully saturated rings. The largest absolute Gasteiger partial charge is 0.387 e. The molecule has 5 N–H and O–H groups in total. The highest BCUT2D eigenvalue weighted by atomic mass is 32.5. The van der Waals surface area contributed by atoms with Crippen molar-refractivity contribution in [1.29, 1.82) is 0 Å². The molecule has 1 aliphatic rings. The van der Waals surface area contributed by atoms with E-state index in [1.165, 1.54) is 27.9 Å². The Hall–Kier alpha value is -2.51. The maximum absolute atomic E-state index is 10.8. The van der Waals surface area contributed by atoms with Gasteiger partial charge in [-0.2, -0.15) is 0 Å². The summed E-state index contributed by atoms with van der Waals surface area (Å²) in [4.78, 5) is 27.1. The number of para-hydroxylation sites is 2. The van der Waals surface area contributed by atoms with Crippen molar-refractivity contribution in [3.8, 4) is 0 Å². The maximum atomic E-state index is 10.8. The summed E-state index contributed by atoms with van der Waals surface area (Å²) in [6.45, 7) is -3.76. The number of nitrogen functional groups attached to an aromatic ring is 1. The number of rotatable bonds is 5. The summed E-state index contributed by atoms with van der Waals surface area (Å²) >= 11 is 5.30. The standard InChI is InChI=1S/C17H18N7O5PS/c18-15-12-16(20-6-19-15)23(7-22-12)17-14(26)13(25)11(29-17)5-28-30(27,31)24-8-21-9-3-1-2-4-10(9)24/h1-4,6-8,11,13-14,17,25-26H,5H2,(H,27,31)(H2,18,19,20)/t11-,13-,14-,17-,30?/m1/s1. The molecule has 14 heteroatoms. The van der Waals surface area contributed by atoms with Crippen LogP contribution >= 0.6 is 6.64 Å². The number of hydrogen-bond donors (Lipinski definition) is 4. The third-order valence-electron chi connectivity index (χ3n) is 5.11. The Kier molecular flexibility index (Phi) is 4.98. The predicted octanol–water partition coefficient (Wildman–Crippen LogP) is 0.159. The van der Waals surface area contributed by atoms with Crippen LogP contribution in [0.15, 0.2) is 43.2 Å². The minimum Gasteiger partial charge on any atom is -0.387 e. The average molecular weight is 463 g/mol. The molecule has 4 aromatic rings. The summed E-state index contributed by atoms with van der Waals surface area (Å²) in [5.74, 6) is 0.185. The van der Waals surface area contributed by atoms with E-state index < -0.39 is 31.2 Å². The predicted molar refractivity (Wildman–Crippen MR) is 113 cm³/mol. The number of nitrogens with two attached hydrogens (primary N) is 1. The normalized spacial score (nSPS) is 25.9. The molecule has 1 unspecified atom stereocenters. The molecule has 12 nitrogen and oxygen atoms in total. The van der Waals surface area contributed by atoms with Crippen LogP contribution in [0, 0.1) is 0 Å². The van der Waals surface area contributed by atoms with Gasteiger partial charge in [0.25, 0.3) is 6.64 Å². The number of aliphatic hydroxyl groups is 2. The minimum absolute atomic E-state index is 0.185. The van der Waals surface area contributed by atoms with Gasteiger partial charge in [-0.25, -0.2) is 19.9 Å². The van der Waals surface area contributed by atoms with Crippen molar-refractivity contribution < 1.29 is 24.4 Å². The number of aromatic nitrogens is 6. The van der Waals surface area contributed by atoms with Crippen molar-refractivity contribution in [1.82, 2.24) is 28.8 Å². The van der Waals surface area contributed by atoms with Gasteiger partial charge in [0.2, 0.25) is 0 Å². The maximum Gasteiger partial charge on any atom is 0.292 e. The highest BCUT2D eigenvalue weighted by Gasteiger charge is 2.45. The number of aliphatic hydroxyl groups excluding tert-OH is 2. The van der Waals surface area contributed by atoms with Crippen molar-refractivity contribution in [2.45, 2.75) is 24.5 Å². The summed E-state index contributed by atoms with van der Waals surface area (Å²) in [7, 11) is 0. The van der Waals surface area contributed by atoms with Crippen LogP contribution in [0.3, 0.4) is 0 Å². The Morgan fingerprint density at radius 1 is 1.13 bits per heavy atom. The monoisotopic (exact) mass is 463 g/mol. The third-order valence-corrected chi connectivity index (χ3v) is 7.31. The van der Waals surface area contributed by atoms with Crippen LogP contribution in [-0.2, 0) is 21.1 Å². The molecule has 5 atom stereocenters. The highest BCUT2D eigenvalue weighted by molar-refractivity contribution is 8.08. The van der Waals surface area contributed by atoms with Crippen LogP contribution in [0.2, 0.25) is 0 Å². The fraction of sp³-hybridized carbons (Fsp3) is 0.294. The summed E-state index contributed by atoms with van der Waals surface area (Å²) in [5, 5.41) is 21.0. The summed E-state index contributed by atoms with van der Waals surface area (Å²) in [6.07, 6.45) is -0.464. The topological polar surface area (TPSA) is 167 Å². The van der Waals surface area contributed by atoms with E-state index in [1.807, 2.05) is 6.07 Å². The van der Waals surface area contributed by atoms with E-state index in [-0.39, 0.29) is 12.4 Å². The number of nitrogens with zero attached hydrogens (tertiary/aromatic N) is 6. The lowest BCUT2D eigenvalue weighted by molar-refractivity contribution is -0.0475. The zero-order valence-electron chi connectivity index (χ0n) is 15.8. The minimum atomic E-state index is -3.51. The van der Waals surface area contributed by atoms with Gasteiger partial charge in [-0.15, -0.1) is 0 Å². The van der Waals surface area contributed by atoms with Crippen molar-refractivity contribution in [2.75, 3.05) is 12.3 Å². The van der Waals surface area contributed by atoms with E-state index in [0.717, 1.165) is 0 Å². The molecule has 31 heavy (non-hydrogen) atoms. The first-order chi connectivity index (χ1) is 14.9. The molecule has 0 bridgehead atoms. The molecule has 4 heterocycles. The van der Waals surface area contributed by atoms with Crippen LogP contribution in [0.4, 0.5) is 5.82 Å². The molecule has 0 saturated carbocycles. The molecule has 0 spiro atoms. The lowest BCUT2D eigenvalue weighted by Crippen LogP contribution is -2.33. The number of ether oxygens (including phenoxy) is 1. The van der Waals surface area contributed by atoms with Crippen molar-refractivity contribution in [3.05, 3.63) is 43.2 Å². The van der Waals surface area contributed by atoms with E-state index >= 15 is 0 Å². The van der Waals surface area contributed by atoms with Gasteiger partial charge in [-0.3, -0.25) is 8.90 Å². The summed E-state index contributed by atoms with van der Waals surface area (Å²) in [6, 6.07) is 7.18. The number of imidazole rings is 2. The van der Waals surface area contributed by atoms with Gasteiger partial charge in [0.05, 0.1) is 24.0 Å². The first-order valence-electron chi connectivity index (χ1n) is 9.21. The van der Waals surface area contributed by atoms with E-state index in [2.05, 4.69) is 19.9 Å². The molecule has 1 aliphatic heterocycles. The van der Waals surface area contributed by atoms with Crippen LogP contribution in [0.1, 0.15) is 6.23 Å². The first-order valence-corrected chi connectivity index (χ1v) is 11.8. The highest BCUT2D eigenvalue weighted by Crippen LogP contribution is 2.47. The lowest BCUT2D eigenvalue weighted by atomic mass is 10.1. The van der Waals surface area contributed by atoms with Gasteiger partial charge in [-0.05, 0) is 23.9 Å². The van der Waals surface area contributed by atoms with Crippen molar-refractivity contribution in [3.63, 3.8) is 0 Å². The first kappa shape index (κ1) is 20.4. The van der Waals surface area contributed by atoms with Crippen LogP contribution in [-0.4, -0.2) is 68.9 Å². The lowest BCUT2D eigenvalue weighted by Gasteiger charge is -2.21. The van der Waals surface area contributed by atoms with E-state index in [9.17, 15) is 15.1 Å². The van der Waals surface area contributed by atoms with Crippen LogP contribution in [0.5, 0.6) is 0 Å². The Bertz CT molecular complexity index is 1310. The Labute approximate surface area is 180 Å². The number of anilines is 1. The van der Waals surface area contributed by atoms with Gasteiger partial charge in [0, 0.05) is 0 Å². The smallest absolute Gasteiger partial charge is 0.292 e. The second kappa shape index (κ2) is 7.57. The quantitative estimate of drug-likeness (QED) is 0.298. The number of benzene rings is 1. The number of fused-ring (bicyclic) bond motifs is 2. The fourth-order valence-corrected chi connectivity index (χ4v) is 5.20. The number of hydrogen-bond acceptors (Lipinski definition) is 10. The molecule has 0 aliphatic carbocycles. The fourth-order valence-electron chi connectivity index (χ4n) is 3.53. The van der Waals surface area contributed by atoms with Crippen molar-refractivity contribution in [2.24, 2.45) is 0 Å². The molecule has 5 rings (SSSR count). The second-order valence-corrected chi connectivity index (χ2v) is 10.1. The van der Waals surface area contributed by atoms with Crippen molar-refractivity contribution >= 4 is 46.5 Å². The Morgan fingerprint density at radius 2 is 1.94 bits per heavy atom. The molecule has 3 aromatic heterocycles. The van der Waals surface area contributed by atoms with Gasteiger partial charge < -0.3 is 30.1 Å². The molecule has 1 saturated heterocycles. The van der Waals surface area contributed by atoms with Crippen LogP contribution in [0.25, 0.3) is 22.2 Å². The summed E-state index contributed by atoms with van der Waals surface area (Å²) in [5.41, 5.74) is 7.79. The zero-order chi connectivity index (χ0) is 21.8.